The van der Waals surface area contributed by atoms with Crippen molar-refractivity contribution in [3.05, 3.63) is 18.0 Å². The zero-order valence-corrected chi connectivity index (χ0v) is 15.9. The first-order valence-corrected chi connectivity index (χ1v) is 10.2. The molecule has 1 aromatic heterocycles. The molecule has 0 spiro atoms. The number of sulfonamides is 1. The smallest absolute Gasteiger partial charge is 0.268 e. The Labute approximate surface area is 145 Å². The summed E-state index contributed by atoms with van der Waals surface area (Å²) in [6, 6.07) is 1.66. The average Bonchev–Trinajstić information content (AvgIpc) is 2.91. The molecule has 1 N–H and O–H groups in total. The van der Waals surface area contributed by atoms with Crippen molar-refractivity contribution in [2.45, 2.75) is 57.4 Å². The summed E-state index contributed by atoms with van der Waals surface area (Å²) in [6.45, 7) is 6.64. The summed E-state index contributed by atoms with van der Waals surface area (Å²) in [5, 5.41) is 3.06. The zero-order valence-electron chi connectivity index (χ0n) is 15.1. The topological polar surface area (TPSA) is 71.4 Å². The molecule has 1 aliphatic carbocycles. The maximum absolute atomic E-state index is 12.6. The van der Waals surface area contributed by atoms with Gasteiger partial charge >= 0.3 is 0 Å². The molecule has 136 valence electrons. The molecular weight excluding hydrogens is 326 g/mol. The fraction of sp³-hybridized carbons (Fsp3) is 0.706. The predicted octanol–water partition coefficient (Wildman–Crippen LogP) is 2.36. The Morgan fingerprint density at radius 3 is 2.58 bits per heavy atom. The first-order chi connectivity index (χ1) is 11.3. The number of nitrogens with one attached hydrogen (secondary N) is 1. The van der Waals surface area contributed by atoms with E-state index in [2.05, 4.69) is 12.2 Å². The number of carbonyl (C=O) groups excluding carboxylic acids is 1. The van der Waals surface area contributed by atoms with E-state index in [0.29, 0.717) is 24.7 Å². The largest absolute Gasteiger partial charge is 0.348 e. The third-order valence-corrected chi connectivity index (χ3v) is 6.84. The number of hydrogen-bond acceptors (Lipinski definition) is 3. The quantitative estimate of drug-likeness (QED) is 0.851. The number of hydrogen-bond donors (Lipinski definition) is 1. The molecule has 0 saturated heterocycles. The Balaban J connectivity index is 2.17. The second kappa shape index (κ2) is 7.70. The molecular formula is C17H29N3O3S. The van der Waals surface area contributed by atoms with Gasteiger partial charge in [-0.3, -0.25) is 4.79 Å². The van der Waals surface area contributed by atoms with Crippen molar-refractivity contribution in [2.75, 3.05) is 13.1 Å². The Kier molecular flexibility index (Phi) is 6.09. The van der Waals surface area contributed by atoms with Crippen LogP contribution in [0, 0.1) is 5.92 Å². The van der Waals surface area contributed by atoms with Crippen molar-refractivity contribution in [3.63, 3.8) is 0 Å². The van der Waals surface area contributed by atoms with E-state index in [0.717, 1.165) is 19.3 Å². The summed E-state index contributed by atoms with van der Waals surface area (Å²) in [5.41, 5.74) is 0.388. The van der Waals surface area contributed by atoms with E-state index in [1.54, 1.807) is 11.6 Å². The lowest BCUT2D eigenvalue weighted by Crippen LogP contribution is -2.38. The van der Waals surface area contributed by atoms with Gasteiger partial charge in [0, 0.05) is 32.4 Å². The highest BCUT2D eigenvalue weighted by atomic mass is 32.2. The SMILES string of the molecule is CCN(CC)S(=O)(=O)c1cc(C(=O)NC2CCCC(C)C2)n(C)c1. The lowest BCUT2D eigenvalue weighted by Gasteiger charge is -2.27. The van der Waals surface area contributed by atoms with Gasteiger partial charge in [-0.1, -0.05) is 33.6 Å². The average molecular weight is 356 g/mol. The summed E-state index contributed by atoms with van der Waals surface area (Å²) in [6.07, 6.45) is 5.83. The number of aryl methyl sites for hydroxylation is 1. The molecule has 1 amide bonds. The summed E-state index contributed by atoms with van der Waals surface area (Å²) < 4.78 is 28.2. The van der Waals surface area contributed by atoms with Crippen LogP contribution in [-0.4, -0.2) is 42.3 Å². The third-order valence-electron chi connectivity index (χ3n) is 4.83. The highest BCUT2D eigenvalue weighted by molar-refractivity contribution is 7.89. The molecule has 1 aliphatic rings. The minimum Gasteiger partial charge on any atom is -0.348 e. The molecule has 0 aliphatic heterocycles. The van der Waals surface area contributed by atoms with Crippen LogP contribution >= 0.6 is 0 Å². The predicted molar refractivity (Wildman–Crippen MR) is 94.4 cm³/mol. The van der Waals surface area contributed by atoms with Gasteiger partial charge in [0.2, 0.25) is 10.0 Å². The minimum absolute atomic E-state index is 0.177. The van der Waals surface area contributed by atoms with Gasteiger partial charge in [-0.15, -0.1) is 0 Å². The normalized spacial score (nSPS) is 21.9. The van der Waals surface area contributed by atoms with Gasteiger partial charge in [0.25, 0.3) is 5.91 Å². The summed E-state index contributed by atoms with van der Waals surface area (Å²) >= 11 is 0. The Bertz CT molecular complexity index is 677. The molecule has 0 radical (unpaired) electrons. The number of rotatable bonds is 6. The summed E-state index contributed by atoms with van der Waals surface area (Å²) in [4.78, 5) is 12.7. The van der Waals surface area contributed by atoms with E-state index in [-0.39, 0.29) is 16.8 Å². The maximum Gasteiger partial charge on any atom is 0.268 e. The Hall–Kier alpha value is -1.34. The van der Waals surface area contributed by atoms with Crippen LogP contribution in [-0.2, 0) is 17.1 Å². The van der Waals surface area contributed by atoms with Crippen LogP contribution in [0.25, 0.3) is 0 Å². The fourth-order valence-corrected chi connectivity index (χ4v) is 4.97. The lowest BCUT2D eigenvalue weighted by atomic mass is 9.87. The van der Waals surface area contributed by atoms with Gasteiger partial charge < -0.3 is 9.88 Å². The van der Waals surface area contributed by atoms with Crippen molar-refractivity contribution >= 4 is 15.9 Å². The molecule has 2 rings (SSSR count). The van der Waals surface area contributed by atoms with E-state index in [9.17, 15) is 13.2 Å². The van der Waals surface area contributed by atoms with Crippen LogP contribution in [0.5, 0.6) is 0 Å². The van der Waals surface area contributed by atoms with Gasteiger partial charge in [-0.25, -0.2) is 8.42 Å². The Morgan fingerprint density at radius 1 is 1.33 bits per heavy atom. The molecule has 1 fully saturated rings. The monoisotopic (exact) mass is 355 g/mol. The molecule has 0 aromatic carbocycles. The first kappa shape index (κ1) is 19.0. The number of aromatic nitrogens is 1. The van der Waals surface area contributed by atoms with Gasteiger partial charge in [-0.2, -0.15) is 4.31 Å². The Morgan fingerprint density at radius 2 is 2.00 bits per heavy atom. The molecule has 1 aromatic rings. The highest BCUT2D eigenvalue weighted by Crippen LogP contribution is 2.24. The van der Waals surface area contributed by atoms with Crippen LogP contribution in [0.4, 0.5) is 0 Å². The fourth-order valence-electron chi connectivity index (χ4n) is 3.44. The van der Waals surface area contributed by atoms with Crippen LogP contribution in [0.3, 0.4) is 0 Å². The van der Waals surface area contributed by atoms with Gasteiger partial charge in [0.05, 0.1) is 0 Å². The second-order valence-electron chi connectivity index (χ2n) is 6.70. The standard InChI is InChI=1S/C17H29N3O3S/c1-5-20(6-2)24(22,23)15-11-16(19(4)12-15)17(21)18-14-9-7-8-13(3)10-14/h11-14H,5-10H2,1-4H3,(H,18,21). The molecule has 7 heteroatoms. The van der Waals surface area contributed by atoms with Crippen molar-refractivity contribution in [3.8, 4) is 0 Å². The number of carbonyl (C=O) groups is 1. The van der Waals surface area contributed by atoms with Crippen molar-refractivity contribution in [1.82, 2.24) is 14.2 Å². The van der Waals surface area contributed by atoms with Crippen LogP contribution in [0.2, 0.25) is 0 Å². The van der Waals surface area contributed by atoms with Crippen LogP contribution < -0.4 is 5.32 Å². The third kappa shape index (κ3) is 4.00. The van der Waals surface area contributed by atoms with Gasteiger partial charge in [0.15, 0.2) is 0 Å². The van der Waals surface area contributed by atoms with E-state index in [1.807, 2.05) is 13.8 Å². The molecule has 2 atom stereocenters. The molecule has 0 bridgehead atoms. The molecule has 6 nitrogen and oxygen atoms in total. The van der Waals surface area contributed by atoms with Gasteiger partial charge in [-0.05, 0) is 24.8 Å². The van der Waals surface area contributed by atoms with Crippen LogP contribution in [0.15, 0.2) is 17.2 Å². The van der Waals surface area contributed by atoms with Crippen molar-refractivity contribution in [2.24, 2.45) is 13.0 Å². The molecule has 1 saturated carbocycles. The van der Waals surface area contributed by atoms with E-state index >= 15 is 0 Å². The first-order valence-electron chi connectivity index (χ1n) is 8.76. The van der Waals surface area contributed by atoms with E-state index < -0.39 is 10.0 Å². The van der Waals surface area contributed by atoms with Gasteiger partial charge in [0.1, 0.15) is 10.6 Å². The molecule has 24 heavy (non-hydrogen) atoms. The number of nitrogens with zero attached hydrogens (tertiary/aromatic N) is 2. The maximum atomic E-state index is 12.6. The van der Waals surface area contributed by atoms with Crippen molar-refractivity contribution < 1.29 is 13.2 Å². The second-order valence-corrected chi connectivity index (χ2v) is 8.64. The minimum atomic E-state index is -3.55. The molecule has 2 unspecified atom stereocenters. The van der Waals surface area contributed by atoms with Crippen molar-refractivity contribution in [1.29, 1.82) is 0 Å². The summed E-state index contributed by atoms with van der Waals surface area (Å²) in [5.74, 6) is 0.425. The lowest BCUT2D eigenvalue weighted by molar-refractivity contribution is 0.0913. The zero-order chi connectivity index (χ0) is 17.9. The summed E-state index contributed by atoms with van der Waals surface area (Å²) in [7, 11) is -1.84. The molecule has 1 heterocycles. The van der Waals surface area contributed by atoms with E-state index in [4.69, 9.17) is 0 Å². The highest BCUT2D eigenvalue weighted by Gasteiger charge is 2.27. The van der Waals surface area contributed by atoms with Crippen LogP contribution in [0.1, 0.15) is 56.9 Å². The van der Waals surface area contributed by atoms with E-state index in [1.165, 1.54) is 23.0 Å². The number of amides is 1.